The SMILES string of the molecule is CC(CC(=O)NCc1ccccc1)C(=O)O[C@H]1O[C@@H](n2cnc3c(N)nc(F)nc32)[C@H](O)[C@@H]1O. The number of carbonyl (C=O) groups excluding carboxylic acids is 2. The fourth-order valence-electron chi connectivity index (χ4n) is 3.51. The van der Waals surface area contributed by atoms with Crippen molar-refractivity contribution in [3.05, 3.63) is 48.3 Å². The molecular formula is C21H23FN6O6. The minimum absolute atomic E-state index is 0.0715. The number of hydrogen-bond acceptors (Lipinski definition) is 10. The largest absolute Gasteiger partial charge is 0.432 e. The number of fused-ring (bicyclic) bond motifs is 1. The highest BCUT2D eigenvalue weighted by Crippen LogP contribution is 2.33. The van der Waals surface area contributed by atoms with E-state index in [0.717, 1.165) is 10.1 Å². The van der Waals surface area contributed by atoms with E-state index in [1.54, 1.807) is 0 Å². The minimum atomic E-state index is -1.62. The van der Waals surface area contributed by atoms with Crippen LogP contribution in [0.2, 0.25) is 0 Å². The van der Waals surface area contributed by atoms with Gasteiger partial charge in [0.1, 0.15) is 12.2 Å². The van der Waals surface area contributed by atoms with Crippen molar-refractivity contribution >= 4 is 28.9 Å². The zero-order valence-electron chi connectivity index (χ0n) is 18.0. The Morgan fingerprint density at radius 1 is 1.26 bits per heavy atom. The molecule has 1 unspecified atom stereocenters. The van der Waals surface area contributed by atoms with Gasteiger partial charge in [-0.3, -0.25) is 14.2 Å². The highest BCUT2D eigenvalue weighted by Gasteiger charge is 2.47. The van der Waals surface area contributed by atoms with Gasteiger partial charge in [0.05, 0.1) is 12.2 Å². The lowest BCUT2D eigenvalue weighted by Crippen LogP contribution is -2.36. The molecule has 5 atom stereocenters. The maximum atomic E-state index is 13.6. The molecule has 0 aliphatic carbocycles. The standard InChI is InChI=1S/C21H23FN6O6/c1-10(7-12(29)24-8-11-5-3-2-4-6-11)19(32)34-20-15(31)14(30)18(33-20)28-9-25-13-16(23)26-21(22)27-17(13)28/h2-6,9-10,14-15,18,20,30-31H,7-8H2,1H3,(H,24,29)(H2,23,26,27)/t10?,14-,15+,18-,20-/m1/s1. The van der Waals surface area contributed by atoms with Gasteiger partial charge in [-0.1, -0.05) is 37.3 Å². The molecule has 1 fully saturated rings. The maximum Gasteiger partial charge on any atom is 0.312 e. The number of ether oxygens (including phenoxy) is 2. The van der Waals surface area contributed by atoms with Gasteiger partial charge in [0.2, 0.25) is 12.2 Å². The third-order valence-corrected chi connectivity index (χ3v) is 5.35. The van der Waals surface area contributed by atoms with Crippen molar-refractivity contribution in [2.24, 2.45) is 5.92 Å². The normalized spacial score (nSPS) is 23.1. The fraction of sp³-hybridized carbons (Fsp3) is 0.381. The van der Waals surface area contributed by atoms with Crippen LogP contribution in [0.5, 0.6) is 0 Å². The summed E-state index contributed by atoms with van der Waals surface area (Å²) in [4.78, 5) is 35.6. The molecule has 1 aliphatic heterocycles. The summed E-state index contributed by atoms with van der Waals surface area (Å²) in [5.74, 6) is -2.22. The van der Waals surface area contributed by atoms with Crippen molar-refractivity contribution in [1.29, 1.82) is 0 Å². The van der Waals surface area contributed by atoms with Gasteiger partial charge >= 0.3 is 12.0 Å². The van der Waals surface area contributed by atoms with Gasteiger partial charge in [-0.15, -0.1) is 0 Å². The van der Waals surface area contributed by atoms with Gasteiger partial charge in [-0.25, -0.2) is 4.98 Å². The topological polar surface area (TPSA) is 175 Å². The molecule has 0 spiro atoms. The first-order valence-electron chi connectivity index (χ1n) is 10.4. The van der Waals surface area contributed by atoms with Crippen LogP contribution in [-0.4, -0.2) is 60.1 Å². The van der Waals surface area contributed by atoms with Crippen molar-refractivity contribution in [2.75, 3.05) is 5.73 Å². The predicted molar refractivity (Wildman–Crippen MR) is 114 cm³/mol. The van der Waals surface area contributed by atoms with Gasteiger partial charge in [0, 0.05) is 13.0 Å². The number of aliphatic hydroxyl groups is 2. The Hall–Kier alpha value is -3.68. The number of aliphatic hydroxyl groups excluding tert-OH is 2. The summed E-state index contributed by atoms with van der Waals surface area (Å²) in [5, 5.41) is 23.5. The summed E-state index contributed by atoms with van der Waals surface area (Å²) in [7, 11) is 0. The summed E-state index contributed by atoms with van der Waals surface area (Å²) >= 11 is 0. The highest BCUT2D eigenvalue weighted by atomic mass is 19.1. The number of esters is 1. The van der Waals surface area contributed by atoms with E-state index in [1.807, 2.05) is 30.3 Å². The number of rotatable bonds is 7. The van der Waals surface area contributed by atoms with E-state index < -0.39 is 42.7 Å². The number of nitrogens with one attached hydrogen (secondary N) is 1. The third kappa shape index (κ3) is 4.81. The minimum Gasteiger partial charge on any atom is -0.432 e. The first-order chi connectivity index (χ1) is 16.2. The van der Waals surface area contributed by atoms with E-state index in [2.05, 4.69) is 20.3 Å². The number of imidazole rings is 1. The second kappa shape index (κ2) is 9.67. The maximum absolute atomic E-state index is 13.6. The molecule has 3 heterocycles. The number of hydrogen-bond donors (Lipinski definition) is 4. The number of halogens is 1. The van der Waals surface area contributed by atoms with Crippen LogP contribution in [0.3, 0.4) is 0 Å². The van der Waals surface area contributed by atoms with Crippen molar-refractivity contribution in [2.45, 2.75) is 44.6 Å². The molecule has 5 N–H and O–H groups in total. The van der Waals surface area contributed by atoms with Gasteiger partial charge in [-0.05, 0) is 5.56 Å². The molecule has 34 heavy (non-hydrogen) atoms. The number of nitrogen functional groups attached to an aromatic ring is 1. The molecule has 13 heteroatoms. The van der Waals surface area contributed by atoms with Gasteiger partial charge in [0.15, 0.2) is 23.2 Å². The van der Waals surface area contributed by atoms with Gasteiger partial charge < -0.3 is 30.7 Å². The Morgan fingerprint density at radius 2 is 2.00 bits per heavy atom. The lowest BCUT2D eigenvalue weighted by atomic mass is 10.1. The van der Waals surface area contributed by atoms with Crippen LogP contribution < -0.4 is 11.1 Å². The van der Waals surface area contributed by atoms with Gasteiger partial charge in [0.25, 0.3) is 0 Å². The molecule has 1 aromatic carbocycles. The van der Waals surface area contributed by atoms with Crippen LogP contribution >= 0.6 is 0 Å². The number of benzene rings is 1. The van der Waals surface area contributed by atoms with Crippen LogP contribution in [-0.2, 0) is 25.6 Å². The second-order valence-electron chi connectivity index (χ2n) is 7.88. The van der Waals surface area contributed by atoms with Crippen molar-refractivity contribution in [1.82, 2.24) is 24.8 Å². The van der Waals surface area contributed by atoms with E-state index in [1.165, 1.54) is 13.3 Å². The van der Waals surface area contributed by atoms with Crippen LogP contribution in [0, 0.1) is 12.0 Å². The highest BCUT2D eigenvalue weighted by molar-refractivity contribution is 5.83. The second-order valence-corrected chi connectivity index (χ2v) is 7.88. The van der Waals surface area contributed by atoms with Gasteiger partial charge in [-0.2, -0.15) is 14.4 Å². The number of amides is 1. The summed E-state index contributed by atoms with van der Waals surface area (Å²) < 4.78 is 25.5. The molecule has 2 aromatic heterocycles. The smallest absolute Gasteiger partial charge is 0.312 e. The summed E-state index contributed by atoms with van der Waals surface area (Å²) in [6.07, 6.45) is -6.09. The number of nitrogens with zero attached hydrogens (tertiary/aromatic N) is 4. The lowest BCUT2D eigenvalue weighted by molar-refractivity contribution is -0.197. The first-order valence-corrected chi connectivity index (χ1v) is 10.4. The number of nitrogens with two attached hydrogens (primary N) is 1. The third-order valence-electron chi connectivity index (χ3n) is 5.35. The molecule has 1 amide bonds. The van der Waals surface area contributed by atoms with Crippen LogP contribution in [0.25, 0.3) is 11.2 Å². The van der Waals surface area contributed by atoms with Crippen molar-refractivity contribution < 1.29 is 33.7 Å². The Kier molecular flexibility index (Phi) is 6.68. The average molecular weight is 474 g/mol. The molecule has 180 valence electrons. The van der Waals surface area contributed by atoms with E-state index in [0.29, 0.717) is 6.54 Å². The summed E-state index contributed by atoms with van der Waals surface area (Å²) in [6.45, 7) is 1.80. The number of carbonyl (C=O) groups is 2. The molecule has 0 saturated carbocycles. The molecule has 12 nitrogen and oxygen atoms in total. The summed E-state index contributed by atoms with van der Waals surface area (Å²) in [5.41, 5.74) is 6.54. The van der Waals surface area contributed by atoms with E-state index in [9.17, 15) is 24.2 Å². The monoisotopic (exact) mass is 474 g/mol. The van der Waals surface area contributed by atoms with Crippen molar-refractivity contribution in [3.63, 3.8) is 0 Å². The lowest BCUT2D eigenvalue weighted by Gasteiger charge is -2.18. The molecular weight excluding hydrogens is 451 g/mol. The zero-order valence-corrected chi connectivity index (χ0v) is 18.0. The average Bonchev–Trinajstić information content (AvgIpc) is 3.34. The van der Waals surface area contributed by atoms with Crippen LogP contribution in [0.4, 0.5) is 10.2 Å². The predicted octanol–water partition coefficient (Wildman–Crippen LogP) is 0.0101. The van der Waals surface area contributed by atoms with Crippen LogP contribution in [0.15, 0.2) is 36.7 Å². The van der Waals surface area contributed by atoms with E-state index >= 15 is 0 Å². The quantitative estimate of drug-likeness (QED) is 0.270. The Balaban J connectivity index is 1.36. The van der Waals surface area contributed by atoms with E-state index in [4.69, 9.17) is 15.2 Å². The Labute approximate surface area is 192 Å². The zero-order chi connectivity index (χ0) is 24.4. The van der Waals surface area contributed by atoms with Crippen molar-refractivity contribution in [3.8, 4) is 0 Å². The molecule has 4 rings (SSSR count). The molecule has 3 aromatic rings. The molecule has 1 saturated heterocycles. The van der Waals surface area contributed by atoms with E-state index in [-0.39, 0.29) is 29.3 Å². The Morgan fingerprint density at radius 3 is 2.74 bits per heavy atom. The fourth-order valence-corrected chi connectivity index (χ4v) is 3.51. The first kappa shape index (κ1) is 23.5. The molecule has 0 bridgehead atoms. The number of aromatic nitrogens is 4. The Bertz CT molecular complexity index is 1190. The molecule has 1 aliphatic rings. The molecule has 0 radical (unpaired) electrons. The number of anilines is 1. The summed E-state index contributed by atoms with van der Waals surface area (Å²) in [6, 6.07) is 9.27. The van der Waals surface area contributed by atoms with Crippen LogP contribution in [0.1, 0.15) is 25.1 Å².